The molecule has 2 aliphatic heterocycles. The summed E-state index contributed by atoms with van der Waals surface area (Å²) in [6, 6.07) is 14.3. The van der Waals surface area contributed by atoms with Gasteiger partial charge < -0.3 is 15.2 Å². The van der Waals surface area contributed by atoms with Crippen molar-refractivity contribution in [3.63, 3.8) is 0 Å². The van der Waals surface area contributed by atoms with E-state index in [1.807, 2.05) is 31.2 Å². The van der Waals surface area contributed by atoms with E-state index in [2.05, 4.69) is 17.2 Å². The maximum atomic E-state index is 13.7. The lowest BCUT2D eigenvalue weighted by Gasteiger charge is -2.35. The first-order valence-corrected chi connectivity index (χ1v) is 11.1. The van der Waals surface area contributed by atoms with Gasteiger partial charge in [0.2, 0.25) is 0 Å². The van der Waals surface area contributed by atoms with Crippen molar-refractivity contribution in [2.24, 2.45) is 0 Å². The van der Waals surface area contributed by atoms with Crippen molar-refractivity contribution in [3.8, 4) is 0 Å². The van der Waals surface area contributed by atoms with Crippen molar-refractivity contribution in [2.45, 2.75) is 38.6 Å². The van der Waals surface area contributed by atoms with Gasteiger partial charge in [0.1, 0.15) is 0 Å². The molecule has 3 heterocycles. The van der Waals surface area contributed by atoms with E-state index >= 15 is 0 Å². The van der Waals surface area contributed by atoms with Crippen LogP contribution in [0.3, 0.4) is 0 Å². The molecule has 1 saturated heterocycles. The molecule has 2 N–H and O–H groups in total. The number of hydrogen-bond acceptors (Lipinski definition) is 3. The molecule has 3 aromatic rings. The van der Waals surface area contributed by atoms with Crippen LogP contribution < -0.4 is 10.2 Å². The fourth-order valence-corrected chi connectivity index (χ4v) is 4.86. The number of benzene rings is 2. The SMILES string of the molecule is CCCCNC(=O)c1ccc(N2C(=O)N3CCc4c([nH]c5ccccc45)C3(C)C2=O)cc1. The Labute approximate surface area is 186 Å². The second kappa shape index (κ2) is 7.51. The lowest BCUT2D eigenvalue weighted by atomic mass is 9.87. The van der Waals surface area contributed by atoms with Crippen molar-refractivity contribution in [1.82, 2.24) is 15.2 Å². The summed E-state index contributed by atoms with van der Waals surface area (Å²) in [6.07, 6.45) is 2.62. The fraction of sp³-hybridized carbons (Fsp3) is 0.320. The molecule has 0 aliphatic carbocycles. The molecule has 7 heteroatoms. The van der Waals surface area contributed by atoms with Crippen LogP contribution in [-0.2, 0) is 16.8 Å². The van der Waals surface area contributed by atoms with Gasteiger partial charge in [0.05, 0.1) is 11.4 Å². The Kier molecular flexibility index (Phi) is 4.77. The van der Waals surface area contributed by atoms with Crippen molar-refractivity contribution >= 4 is 34.4 Å². The van der Waals surface area contributed by atoms with E-state index in [1.54, 1.807) is 29.2 Å². The maximum absolute atomic E-state index is 13.7. The Morgan fingerprint density at radius 2 is 1.88 bits per heavy atom. The predicted octanol–water partition coefficient (Wildman–Crippen LogP) is 3.94. The largest absolute Gasteiger partial charge is 0.356 e. The van der Waals surface area contributed by atoms with Gasteiger partial charge in [-0.1, -0.05) is 31.5 Å². The Balaban J connectivity index is 1.47. The molecule has 2 aliphatic rings. The first kappa shape index (κ1) is 20.3. The Morgan fingerprint density at radius 1 is 1.12 bits per heavy atom. The number of nitrogens with one attached hydrogen (secondary N) is 2. The van der Waals surface area contributed by atoms with Crippen molar-refractivity contribution in [3.05, 3.63) is 65.4 Å². The third kappa shape index (κ3) is 2.84. The fourth-order valence-electron chi connectivity index (χ4n) is 4.86. The number of unbranched alkanes of at least 4 members (excludes halogenated alkanes) is 1. The van der Waals surface area contributed by atoms with Crippen LogP contribution in [0, 0.1) is 0 Å². The average Bonchev–Trinajstić information content (AvgIpc) is 3.28. The standard InChI is InChI=1S/C25H26N4O3/c1-3-4-14-26-22(30)16-9-11-17(12-10-16)29-23(31)25(2)21-19(13-15-28(25)24(29)32)18-7-5-6-8-20(18)27-21/h5-12,27H,3-4,13-15H2,1-2H3,(H,26,30). The highest BCUT2D eigenvalue weighted by molar-refractivity contribution is 6.23. The number of rotatable bonds is 5. The summed E-state index contributed by atoms with van der Waals surface area (Å²) in [5, 5.41) is 3.98. The normalized spacial score (nSPS) is 19.9. The number of imide groups is 1. The number of carbonyl (C=O) groups is 3. The summed E-state index contributed by atoms with van der Waals surface area (Å²) in [5.41, 5.74) is 2.75. The predicted molar refractivity (Wildman–Crippen MR) is 123 cm³/mol. The van der Waals surface area contributed by atoms with Gasteiger partial charge in [-0.15, -0.1) is 0 Å². The molecule has 7 nitrogen and oxygen atoms in total. The van der Waals surface area contributed by atoms with Gasteiger partial charge in [0.15, 0.2) is 5.54 Å². The Hall–Kier alpha value is -3.61. The lowest BCUT2D eigenvalue weighted by molar-refractivity contribution is -0.125. The third-order valence-corrected chi connectivity index (χ3v) is 6.67. The van der Waals surface area contributed by atoms with Crippen molar-refractivity contribution in [1.29, 1.82) is 0 Å². The highest BCUT2D eigenvalue weighted by Crippen LogP contribution is 2.45. The van der Waals surface area contributed by atoms with Crippen LogP contribution in [0.1, 0.15) is 48.3 Å². The van der Waals surface area contributed by atoms with Crippen LogP contribution in [0.15, 0.2) is 48.5 Å². The molecule has 0 saturated carbocycles. The molecule has 1 aromatic heterocycles. The van der Waals surface area contributed by atoms with E-state index in [1.165, 1.54) is 4.90 Å². The summed E-state index contributed by atoms with van der Waals surface area (Å²) in [7, 11) is 0. The van der Waals surface area contributed by atoms with Gasteiger partial charge in [0.25, 0.3) is 11.8 Å². The molecule has 0 radical (unpaired) electrons. The minimum Gasteiger partial charge on any atom is -0.356 e. The van der Waals surface area contributed by atoms with E-state index in [9.17, 15) is 14.4 Å². The zero-order chi connectivity index (χ0) is 22.5. The molecule has 4 amide bonds. The zero-order valence-electron chi connectivity index (χ0n) is 18.3. The highest BCUT2D eigenvalue weighted by Gasteiger charge is 2.58. The third-order valence-electron chi connectivity index (χ3n) is 6.67. The monoisotopic (exact) mass is 430 g/mol. The number of urea groups is 1. The number of aromatic amines is 1. The van der Waals surface area contributed by atoms with Crippen LogP contribution in [0.2, 0.25) is 0 Å². The number of H-pyrrole nitrogens is 1. The summed E-state index contributed by atoms with van der Waals surface area (Å²) in [6.45, 7) is 4.98. The van der Waals surface area contributed by atoms with E-state index in [4.69, 9.17) is 0 Å². The second-order valence-electron chi connectivity index (χ2n) is 8.58. The average molecular weight is 431 g/mol. The van der Waals surface area contributed by atoms with Gasteiger partial charge >= 0.3 is 6.03 Å². The topological polar surface area (TPSA) is 85.5 Å². The molecule has 5 rings (SSSR count). The summed E-state index contributed by atoms with van der Waals surface area (Å²) in [4.78, 5) is 45.6. The minimum atomic E-state index is -1.08. The highest BCUT2D eigenvalue weighted by atomic mass is 16.2. The molecule has 0 bridgehead atoms. The van der Waals surface area contributed by atoms with Crippen LogP contribution in [0.25, 0.3) is 10.9 Å². The van der Waals surface area contributed by atoms with Gasteiger partial charge in [-0.2, -0.15) is 0 Å². The number of nitrogens with zero attached hydrogens (tertiary/aromatic N) is 2. The Bertz CT molecular complexity index is 1230. The Morgan fingerprint density at radius 3 is 2.62 bits per heavy atom. The van der Waals surface area contributed by atoms with Crippen molar-refractivity contribution < 1.29 is 14.4 Å². The molecular weight excluding hydrogens is 404 g/mol. The molecule has 164 valence electrons. The van der Waals surface area contributed by atoms with Gasteiger partial charge in [-0.25, -0.2) is 9.69 Å². The first-order chi connectivity index (χ1) is 15.5. The number of anilines is 1. The van der Waals surface area contributed by atoms with Crippen LogP contribution >= 0.6 is 0 Å². The van der Waals surface area contributed by atoms with Gasteiger partial charge in [0, 0.05) is 29.6 Å². The molecule has 0 spiro atoms. The van der Waals surface area contributed by atoms with Gasteiger partial charge in [-0.05, 0) is 55.7 Å². The molecule has 1 fully saturated rings. The van der Waals surface area contributed by atoms with Crippen LogP contribution in [0.4, 0.5) is 10.5 Å². The molecule has 1 unspecified atom stereocenters. The molecular formula is C25H26N4O3. The lowest BCUT2D eigenvalue weighted by Crippen LogP contribution is -2.49. The minimum absolute atomic E-state index is 0.156. The summed E-state index contributed by atoms with van der Waals surface area (Å²) >= 11 is 0. The quantitative estimate of drug-likeness (QED) is 0.475. The first-order valence-electron chi connectivity index (χ1n) is 11.1. The number of carbonyl (C=O) groups excluding carboxylic acids is 3. The summed E-state index contributed by atoms with van der Waals surface area (Å²) < 4.78 is 0. The number of para-hydroxylation sites is 1. The maximum Gasteiger partial charge on any atom is 0.332 e. The van der Waals surface area contributed by atoms with E-state index in [0.717, 1.165) is 35.0 Å². The number of fused-ring (bicyclic) bond motifs is 5. The van der Waals surface area contributed by atoms with E-state index in [0.29, 0.717) is 30.8 Å². The molecule has 2 aromatic carbocycles. The smallest absolute Gasteiger partial charge is 0.332 e. The second-order valence-corrected chi connectivity index (χ2v) is 8.58. The molecule has 1 atom stereocenters. The molecule has 32 heavy (non-hydrogen) atoms. The zero-order valence-corrected chi connectivity index (χ0v) is 18.3. The van der Waals surface area contributed by atoms with E-state index in [-0.39, 0.29) is 17.8 Å². The van der Waals surface area contributed by atoms with E-state index < -0.39 is 5.54 Å². The number of amides is 4. The number of hydrogen-bond donors (Lipinski definition) is 2. The number of aromatic nitrogens is 1. The summed E-state index contributed by atoms with van der Waals surface area (Å²) in [5.74, 6) is -0.439. The van der Waals surface area contributed by atoms with Crippen molar-refractivity contribution in [2.75, 3.05) is 18.0 Å². The van der Waals surface area contributed by atoms with Crippen LogP contribution in [0.5, 0.6) is 0 Å². The van der Waals surface area contributed by atoms with Crippen LogP contribution in [-0.4, -0.2) is 40.8 Å². The van der Waals surface area contributed by atoms with Gasteiger partial charge in [-0.3, -0.25) is 9.59 Å².